The van der Waals surface area contributed by atoms with E-state index < -0.39 is 0 Å². The fourth-order valence-corrected chi connectivity index (χ4v) is 1.79. The van der Waals surface area contributed by atoms with Crippen LogP contribution in [-0.2, 0) is 4.79 Å². The third-order valence-corrected chi connectivity index (χ3v) is 2.57. The highest BCUT2D eigenvalue weighted by atomic mass is 16.2. The molecular formula is C8H11NO. The van der Waals surface area contributed by atoms with E-state index in [0.717, 1.165) is 12.8 Å². The first kappa shape index (κ1) is 5.96. The third-order valence-electron chi connectivity index (χ3n) is 2.57. The quantitative estimate of drug-likeness (QED) is 0.389. The lowest BCUT2D eigenvalue weighted by Gasteiger charge is -2.48. The topological polar surface area (TPSA) is 29.1 Å². The zero-order valence-electron chi connectivity index (χ0n) is 6.05. The number of amides is 1. The maximum absolute atomic E-state index is 10.9. The molecule has 0 aromatic carbocycles. The largest absolute Gasteiger partial charge is 0.349 e. The van der Waals surface area contributed by atoms with Crippen molar-refractivity contribution >= 4 is 5.91 Å². The number of carbonyl (C=O) groups is 1. The van der Waals surface area contributed by atoms with Gasteiger partial charge < -0.3 is 5.32 Å². The van der Waals surface area contributed by atoms with Gasteiger partial charge in [0.05, 0.1) is 11.5 Å². The maximum atomic E-state index is 10.9. The van der Waals surface area contributed by atoms with Crippen molar-refractivity contribution in [1.29, 1.82) is 0 Å². The van der Waals surface area contributed by atoms with Crippen LogP contribution in [0.15, 0.2) is 12.2 Å². The maximum Gasteiger partial charge on any atom is 0.226 e. The van der Waals surface area contributed by atoms with Gasteiger partial charge in [0.2, 0.25) is 5.91 Å². The van der Waals surface area contributed by atoms with Crippen molar-refractivity contribution in [2.24, 2.45) is 5.92 Å². The molecule has 0 saturated carbocycles. The van der Waals surface area contributed by atoms with E-state index in [-0.39, 0.29) is 17.4 Å². The molecule has 0 unspecified atom stereocenters. The van der Waals surface area contributed by atoms with Crippen LogP contribution in [0, 0.1) is 5.92 Å². The molecule has 2 nitrogen and oxygen atoms in total. The molecule has 54 valence electrons. The molecule has 1 heterocycles. The molecule has 1 aliphatic heterocycles. The first-order valence-electron chi connectivity index (χ1n) is 3.69. The molecule has 2 rings (SSSR count). The van der Waals surface area contributed by atoms with E-state index in [4.69, 9.17) is 0 Å². The van der Waals surface area contributed by atoms with E-state index in [1.54, 1.807) is 0 Å². The molecular weight excluding hydrogens is 126 g/mol. The predicted molar refractivity (Wildman–Crippen MR) is 38.4 cm³/mol. The van der Waals surface area contributed by atoms with Gasteiger partial charge in [-0.1, -0.05) is 12.2 Å². The zero-order valence-corrected chi connectivity index (χ0v) is 6.05. The minimum atomic E-state index is 0.103. The van der Waals surface area contributed by atoms with Crippen LogP contribution >= 0.6 is 0 Å². The van der Waals surface area contributed by atoms with Gasteiger partial charge in [0.25, 0.3) is 0 Å². The van der Waals surface area contributed by atoms with E-state index in [1.165, 1.54) is 0 Å². The highest BCUT2D eigenvalue weighted by Gasteiger charge is 2.49. The van der Waals surface area contributed by atoms with Gasteiger partial charge in [-0.05, 0) is 19.8 Å². The van der Waals surface area contributed by atoms with Crippen LogP contribution in [0.4, 0.5) is 0 Å². The van der Waals surface area contributed by atoms with E-state index in [9.17, 15) is 4.79 Å². The van der Waals surface area contributed by atoms with Gasteiger partial charge in [-0.3, -0.25) is 4.79 Å². The van der Waals surface area contributed by atoms with Crippen molar-refractivity contribution in [1.82, 2.24) is 5.32 Å². The molecule has 1 saturated heterocycles. The van der Waals surface area contributed by atoms with Gasteiger partial charge in [0, 0.05) is 0 Å². The minimum absolute atomic E-state index is 0.103. The zero-order chi connectivity index (χ0) is 7.19. The van der Waals surface area contributed by atoms with Gasteiger partial charge in [-0.2, -0.15) is 0 Å². The lowest BCUT2D eigenvalue weighted by molar-refractivity contribution is -0.140. The van der Waals surface area contributed by atoms with Crippen LogP contribution in [0.1, 0.15) is 19.8 Å². The van der Waals surface area contributed by atoms with Crippen molar-refractivity contribution in [2.45, 2.75) is 25.3 Å². The SMILES string of the molecule is C[C@@]12CC=CC[C@@H]1C(=O)N2. The molecule has 10 heavy (non-hydrogen) atoms. The summed E-state index contributed by atoms with van der Waals surface area (Å²) in [7, 11) is 0. The summed E-state index contributed by atoms with van der Waals surface area (Å²) in [6, 6.07) is 0. The molecule has 1 N–H and O–H groups in total. The molecule has 2 atom stereocenters. The summed E-state index contributed by atoms with van der Waals surface area (Å²) < 4.78 is 0. The molecule has 1 amide bonds. The lowest BCUT2D eigenvalue weighted by Crippen LogP contribution is -2.67. The number of rotatable bonds is 0. The summed E-state index contributed by atoms with van der Waals surface area (Å²) in [5, 5.41) is 2.93. The van der Waals surface area contributed by atoms with Gasteiger partial charge in [0.15, 0.2) is 0 Å². The Balaban J connectivity index is 2.23. The Bertz CT molecular complexity index is 209. The number of carbonyl (C=O) groups excluding carboxylic acids is 1. The molecule has 1 aliphatic carbocycles. The van der Waals surface area contributed by atoms with Gasteiger partial charge >= 0.3 is 0 Å². The van der Waals surface area contributed by atoms with Crippen LogP contribution < -0.4 is 5.32 Å². The van der Waals surface area contributed by atoms with Crippen LogP contribution in [0.2, 0.25) is 0 Å². The molecule has 2 heteroatoms. The second kappa shape index (κ2) is 1.62. The first-order chi connectivity index (χ1) is 4.72. The summed E-state index contributed by atoms with van der Waals surface area (Å²) in [5.74, 6) is 0.490. The number of allylic oxidation sites excluding steroid dienone is 1. The van der Waals surface area contributed by atoms with E-state index in [2.05, 4.69) is 24.4 Å². The Morgan fingerprint density at radius 1 is 1.70 bits per heavy atom. The first-order valence-corrected chi connectivity index (χ1v) is 3.69. The molecule has 1 fully saturated rings. The Labute approximate surface area is 60.3 Å². The highest BCUT2D eigenvalue weighted by molar-refractivity contribution is 5.88. The molecule has 0 radical (unpaired) electrons. The van der Waals surface area contributed by atoms with Gasteiger partial charge in [-0.25, -0.2) is 0 Å². The van der Waals surface area contributed by atoms with Crippen LogP contribution in [0.5, 0.6) is 0 Å². The normalized spacial score (nSPS) is 43.7. The van der Waals surface area contributed by atoms with Gasteiger partial charge in [-0.15, -0.1) is 0 Å². The minimum Gasteiger partial charge on any atom is -0.349 e. The Morgan fingerprint density at radius 3 is 3.00 bits per heavy atom. The van der Waals surface area contributed by atoms with E-state index in [0.29, 0.717) is 0 Å². The summed E-state index contributed by atoms with van der Waals surface area (Å²) in [6.45, 7) is 2.11. The van der Waals surface area contributed by atoms with Crippen LogP contribution in [0.25, 0.3) is 0 Å². The predicted octanol–water partition coefficient (Wildman–Crippen LogP) is 0.841. The standard InChI is InChI=1S/C8H11NO/c1-8-5-3-2-4-6(8)7(10)9-8/h2-3,6H,4-5H2,1H3,(H,9,10)/t6-,8-/m1/s1. The van der Waals surface area contributed by atoms with Gasteiger partial charge in [0.1, 0.15) is 0 Å². The van der Waals surface area contributed by atoms with Crippen molar-refractivity contribution in [3.8, 4) is 0 Å². The monoisotopic (exact) mass is 137 g/mol. The molecule has 2 aliphatic rings. The van der Waals surface area contributed by atoms with Crippen molar-refractivity contribution in [3.63, 3.8) is 0 Å². The lowest BCUT2D eigenvalue weighted by atomic mass is 9.70. The second-order valence-corrected chi connectivity index (χ2v) is 3.37. The number of fused-ring (bicyclic) bond motifs is 1. The smallest absolute Gasteiger partial charge is 0.226 e. The fourth-order valence-electron chi connectivity index (χ4n) is 1.79. The summed E-state index contributed by atoms with van der Waals surface area (Å²) in [5.41, 5.74) is 0.103. The summed E-state index contributed by atoms with van der Waals surface area (Å²) in [6.07, 6.45) is 6.19. The summed E-state index contributed by atoms with van der Waals surface area (Å²) >= 11 is 0. The number of nitrogens with one attached hydrogen (secondary N) is 1. The number of hydrogen-bond donors (Lipinski definition) is 1. The molecule has 0 spiro atoms. The van der Waals surface area contributed by atoms with E-state index in [1.807, 2.05) is 0 Å². The molecule has 0 bridgehead atoms. The Hall–Kier alpha value is -0.790. The Morgan fingerprint density at radius 2 is 2.50 bits per heavy atom. The average molecular weight is 137 g/mol. The van der Waals surface area contributed by atoms with Crippen LogP contribution in [0.3, 0.4) is 0 Å². The summed E-state index contributed by atoms with van der Waals surface area (Å²) in [4.78, 5) is 10.9. The van der Waals surface area contributed by atoms with Crippen molar-refractivity contribution < 1.29 is 4.79 Å². The fraction of sp³-hybridized carbons (Fsp3) is 0.625. The number of β-lactam (4-membered cyclic amide) rings is 1. The van der Waals surface area contributed by atoms with Crippen molar-refractivity contribution in [3.05, 3.63) is 12.2 Å². The average Bonchev–Trinajstić information content (AvgIpc) is 1.86. The third kappa shape index (κ3) is 0.564. The molecule has 0 aromatic heterocycles. The highest BCUT2D eigenvalue weighted by Crippen LogP contribution is 2.36. The number of hydrogen-bond acceptors (Lipinski definition) is 1. The molecule has 0 aromatic rings. The second-order valence-electron chi connectivity index (χ2n) is 3.37. The van der Waals surface area contributed by atoms with Crippen LogP contribution in [-0.4, -0.2) is 11.4 Å². The van der Waals surface area contributed by atoms with E-state index >= 15 is 0 Å². The van der Waals surface area contributed by atoms with Crippen molar-refractivity contribution in [2.75, 3.05) is 0 Å². The Kier molecular flexibility index (Phi) is 0.967.